The molecule has 0 amide bonds. The third-order valence-corrected chi connectivity index (χ3v) is 5.17. The summed E-state index contributed by atoms with van der Waals surface area (Å²) in [6.07, 6.45) is 2.01. The van der Waals surface area contributed by atoms with E-state index in [0.717, 1.165) is 43.2 Å². The Morgan fingerprint density at radius 3 is 2.56 bits per heavy atom. The van der Waals surface area contributed by atoms with Gasteiger partial charge in [0.2, 0.25) is 0 Å². The average Bonchev–Trinajstić information content (AvgIpc) is 3.28. The summed E-state index contributed by atoms with van der Waals surface area (Å²) < 4.78 is 3.01. The molecule has 0 unspecified atom stereocenters. The zero-order chi connectivity index (χ0) is 16.8. The first kappa shape index (κ1) is 14.2. The normalized spacial score (nSPS) is 11.4. The van der Waals surface area contributed by atoms with Crippen LogP contribution in [0.2, 0.25) is 0 Å². The van der Waals surface area contributed by atoms with Gasteiger partial charge in [-0.15, -0.1) is 16.4 Å². The van der Waals surface area contributed by atoms with Crippen LogP contribution in [0.15, 0.2) is 60.8 Å². The van der Waals surface area contributed by atoms with Crippen molar-refractivity contribution in [3.05, 3.63) is 66.5 Å². The van der Waals surface area contributed by atoms with E-state index in [9.17, 15) is 0 Å². The summed E-state index contributed by atoms with van der Waals surface area (Å²) in [5, 5.41) is 15.3. The van der Waals surface area contributed by atoms with Crippen molar-refractivity contribution in [3.63, 3.8) is 0 Å². The number of thiazole rings is 1. The minimum absolute atomic E-state index is 0.781. The van der Waals surface area contributed by atoms with Gasteiger partial charge in [0, 0.05) is 6.20 Å². The van der Waals surface area contributed by atoms with Crippen molar-refractivity contribution in [1.29, 1.82) is 0 Å². The van der Waals surface area contributed by atoms with E-state index in [4.69, 9.17) is 10.1 Å². The largest absolute Gasteiger partial charge is 0.240 e. The van der Waals surface area contributed by atoms with Gasteiger partial charge in [-0.3, -0.25) is 0 Å². The van der Waals surface area contributed by atoms with Crippen molar-refractivity contribution in [2.24, 2.45) is 0 Å². The first-order valence-electron chi connectivity index (χ1n) is 7.93. The molecule has 0 atom stereocenters. The van der Waals surface area contributed by atoms with E-state index in [-0.39, 0.29) is 0 Å². The van der Waals surface area contributed by atoms with Crippen LogP contribution in [-0.4, -0.2) is 25.0 Å². The Bertz CT molecular complexity index is 1170. The van der Waals surface area contributed by atoms with Gasteiger partial charge in [-0.1, -0.05) is 30.3 Å². The molecule has 0 saturated heterocycles. The number of hydrogen-bond donors (Lipinski definition) is 0. The highest BCUT2D eigenvalue weighted by atomic mass is 32.1. The van der Waals surface area contributed by atoms with Crippen LogP contribution in [0.1, 0.15) is 5.69 Å². The smallest absolute Gasteiger partial charge is 0.145 e. The maximum Gasteiger partial charge on any atom is 0.145 e. The lowest BCUT2D eigenvalue weighted by Gasteiger charge is -1.98. The number of para-hydroxylation sites is 2. The molecule has 25 heavy (non-hydrogen) atoms. The molecule has 5 nitrogen and oxygen atoms in total. The second-order valence-corrected chi connectivity index (χ2v) is 6.82. The van der Waals surface area contributed by atoms with Gasteiger partial charge < -0.3 is 0 Å². The van der Waals surface area contributed by atoms with Gasteiger partial charge in [-0.25, -0.2) is 9.67 Å². The lowest BCUT2D eigenvalue weighted by atomic mass is 10.2. The number of nitrogens with zero attached hydrogens (tertiary/aromatic N) is 5. The van der Waals surface area contributed by atoms with E-state index in [2.05, 4.69) is 16.3 Å². The van der Waals surface area contributed by atoms with E-state index >= 15 is 0 Å². The highest BCUT2D eigenvalue weighted by Gasteiger charge is 2.16. The maximum absolute atomic E-state index is 4.72. The molecule has 0 aliphatic carbocycles. The molecule has 120 valence electrons. The number of benzene rings is 2. The number of rotatable bonds is 2. The lowest BCUT2D eigenvalue weighted by Crippen LogP contribution is -1.94. The Morgan fingerprint density at radius 1 is 0.920 bits per heavy atom. The maximum atomic E-state index is 4.72. The third kappa shape index (κ3) is 2.30. The van der Waals surface area contributed by atoms with E-state index in [1.165, 1.54) is 0 Å². The highest BCUT2D eigenvalue weighted by Crippen LogP contribution is 2.33. The molecule has 0 aliphatic rings. The molecule has 5 aromatic rings. The Labute approximate surface area is 147 Å². The Kier molecular flexibility index (Phi) is 3.11. The fraction of sp³-hybridized carbons (Fsp3) is 0.0526. The number of aryl methyl sites for hydroxylation is 1. The number of fused-ring (bicyclic) bond motifs is 2. The van der Waals surface area contributed by atoms with Crippen LogP contribution in [0, 0.1) is 6.92 Å². The molecular weight excluding hydrogens is 330 g/mol. The number of aromatic nitrogens is 5. The molecule has 2 aromatic carbocycles. The van der Waals surface area contributed by atoms with Crippen molar-refractivity contribution in [2.45, 2.75) is 6.92 Å². The van der Waals surface area contributed by atoms with Crippen LogP contribution < -0.4 is 0 Å². The zero-order valence-electron chi connectivity index (χ0n) is 13.4. The Balaban J connectivity index is 1.76. The van der Waals surface area contributed by atoms with E-state index in [1.807, 2.05) is 66.3 Å². The highest BCUT2D eigenvalue weighted by molar-refractivity contribution is 7.21. The first-order valence-corrected chi connectivity index (χ1v) is 8.75. The third-order valence-electron chi connectivity index (χ3n) is 4.13. The average molecular weight is 343 g/mol. The van der Waals surface area contributed by atoms with Crippen LogP contribution in [0.3, 0.4) is 0 Å². The topological polar surface area (TPSA) is 56.5 Å². The summed E-state index contributed by atoms with van der Waals surface area (Å²) in [6, 6.07) is 18.2. The van der Waals surface area contributed by atoms with Crippen molar-refractivity contribution >= 4 is 32.5 Å². The second-order valence-electron chi connectivity index (χ2n) is 5.79. The molecule has 0 aliphatic heterocycles. The van der Waals surface area contributed by atoms with E-state index in [0.29, 0.717) is 0 Å². The van der Waals surface area contributed by atoms with Gasteiger partial charge in [-0.2, -0.15) is 10.2 Å². The molecule has 0 spiro atoms. The molecule has 0 saturated carbocycles. The van der Waals surface area contributed by atoms with Crippen LogP contribution >= 0.6 is 11.3 Å². The predicted molar refractivity (Wildman–Crippen MR) is 100 cm³/mol. The molecule has 0 fully saturated rings. The fourth-order valence-corrected chi connectivity index (χ4v) is 3.85. The summed E-state index contributed by atoms with van der Waals surface area (Å²) in [5.41, 5.74) is 4.44. The molecule has 3 aromatic heterocycles. The molecule has 5 rings (SSSR count). The molecular formula is C19H13N5S. The van der Waals surface area contributed by atoms with Crippen LogP contribution in [-0.2, 0) is 0 Å². The van der Waals surface area contributed by atoms with Crippen molar-refractivity contribution in [3.8, 4) is 16.4 Å². The Morgan fingerprint density at radius 2 is 1.72 bits per heavy atom. The van der Waals surface area contributed by atoms with Gasteiger partial charge >= 0.3 is 0 Å². The van der Waals surface area contributed by atoms with Crippen LogP contribution in [0.4, 0.5) is 0 Å². The number of hydrogen-bond acceptors (Lipinski definition) is 5. The van der Waals surface area contributed by atoms with Crippen molar-refractivity contribution < 1.29 is 0 Å². The van der Waals surface area contributed by atoms with Gasteiger partial charge in [0.1, 0.15) is 16.2 Å². The second kappa shape index (κ2) is 5.46. The van der Waals surface area contributed by atoms with E-state index in [1.54, 1.807) is 11.3 Å². The monoisotopic (exact) mass is 343 g/mol. The molecule has 0 bridgehead atoms. The quantitative estimate of drug-likeness (QED) is 0.477. The summed E-state index contributed by atoms with van der Waals surface area (Å²) in [6.45, 7) is 1.93. The van der Waals surface area contributed by atoms with Gasteiger partial charge in [0.05, 0.1) is 27.0 Å². The summed E-state index contributed by atoms with van der Waals surface area (Å²) >= 11 is 1.63. The van der Waals surface area contributed by atoms with Gasteiger partial charge in [0.25, 0.3) is 0 Å². The van der Waals surface area contributed by atoms with E-state index < -0.39 is 0 Å². The SMILES string of the molecule is Cc1nnc(-c2nc3ccccc3s2)c2cn(-c3ccccc3)nc12. The summed E-state index contributed by atoms with van der Waals surface area (Å²) in [4.78, 5) is 4.72. The minimum Gasteiger partial charge on any atom is -0.240 e. The summed E-state index contributed by atoms with van der Waals surface area (Å²) in [7, 11) is 0. The first-order chi connectivity index (χ1) is 12.3. The van der Waals surface area contributed by atoms with Gasteiger partial charge in [-0.05, 0) is 31.2 Å². The zero-order valence-corrected chi connectivity index (χ0v) is 14.2. The van der Waals surface area contributed by atoms with Crippen LogP contribution in [0.5, 0.6) is 0 Å². The standard InChI is InChI=1S/C19H13N5S/c1-12-17-14(11-24(23-17)13-7-3-2-4-8-13)18(22-21-12)19-20-15-9-5-6-10-16(15)25-19/h2-11H,1H3. The van der Waals surface area contributed by atoms with Crippen molar-refractivity contribution in [2.75, 3.05) is 0 Å². The van der Waals surface area contributed by atoms with Crippen molar-refractivity contribution in [1.82, 2.24) is 25.0 Å². The van der Waals surface area contributed by atoms with Gasteiger partial charge in [0.15, 0.2) is 0 Å². The molecule has 0 N–H and O–H groups in total. The molecule has 0 radical (unpaired) electrons. The minimum atomic E-state index is 0.781. The van der Waals surface area contributed by atoms with Crippen LogP contribution in [0.25, 0.3) is 37.5 Å². The summed E-state index contributed by atoms with van der Waals surface area (Å²) in [5.74, 6) is 0. The Hall–Kier alpha value is -3.12. The molecule has 3 heterocycles. The molecule has 6 heteroatoms. The fourth-order valence-electron chi connectivity index (χ4n) is 2.89. The predicted octanol–water partition coefficient (Wildman–Crippen LogP) is 4.40. The lowest BCUT2D eigenvalue weighted by molar-refractivity contribution is 0.890.